The molecule has 242 valence electrons. The zero-order valence-electron chi connectivity index (χ0n) is 27.9. The van der Waals surface area contributed by atoms with Crippen LogP contribution in [0.25, 0.3) is 105 Å². The van der Waals surface area contributed by atoms with E-state index in [9.17, 15) is 0 Å². The van der Waals surface area contributed by atoms with E-state index >= 15 is 0 Å². The van der Waals surface area contributed by atoms with Crippen molar-refractivity contribution in [3.8, 4) is 39.9 Å². The predicted molar refractivity (Wildman–Crippen MR) is 213 cm³/mol. The molecule has 11 rings (SSSR count). The molecular weight excluding hydrogens is 637 g/mol. The van der Waals surface area contributed by atoms with E-state index < -0.39 is 0 Å². The lowest BCUT2D eigenvalue weighted by Crippen LogP contribution is -2.01. The molecule has 52 heavy (non-hydrogen) atoms. The van der Waals surface area contributed by atoms with E-state index in [1.54, 1.807) is 0 Å². The van der Waals surface area contributed by atoms with Crippen LogP contribution in [0, 0.1) is 0 Å². The molecule has 3 heterocycles. The molecule has 0 saturated carbocycles. The zero-order chi connectivity index (χ0) is 34.2. The average molecular weight is 665 g/mol. The van der Waals surface area contributed by atoms with E-state index in [1.165, 1.54) is 32.3 Å². The maximum atomic E-state index is 6.68. The predicted octanol–water partition coefficient (Wildman–Crippen LogP) is 12.2. The fourth-order valence-corrected chi connectivity index (χ4v) is 7.89. The summed E-state index contributed by atoms with van der Waals surface area (Å²) in [5.41, 5.74) is 7.56. The lowest BCUT2D eigenvalue weighted by Gasteiger charge is -2.14. The van der Waals surface area contributed by atoms with Crippen LogP contribution in [0.15, 0.2) is 174 Å². The van der Waals surface area contributed by atoms with Gasteiger partial charge in [0.2, 0.25) is 0 Å². The quantitative estimate of drug-likeness (QED) is 0.188. The van der Waals surface area contributed by atoms with E-state index in [2.05, 4.69) is 102 Å². The summed E-state index contributed by atoms with van der Waals surface area (Å²) in [4.78, 5) is 15.4. The van der Waals surface area contributed by atoms with Gasteiger partial charge in [-0.3, -0.25) is 0 Å². The van der Waals surface area contributed by atoms with Crippen molar-refractivity contribution in [2.75, 3.05) is 0 Å². The summed E-state index contributed by atoms with van der Waals surface area (Å²) in [6, 6.07) is 59.1. The van der Waals surface area contributed by atoms with Crippen molar-refractivity contribution in [2.45, 2.75) is 0 Å². The molecule has 0 fully saturated rings. The normalized spacial score (nSPS) is 11.8. The Balaban J connectivity index is 1.29. The van der Waals surface area contributed by atoms with Crippen LogP contribution in [-0.2, 0) is 0 Å². The summed E-state index contributed by atoms with van der Waals surface area (Å²) < 4.78 is 9.08. The van der Waals surface area contributed by atoms with Crippen molar-refractivity contribution in [1.29, 1.82) is 0 Å². The van der Waals surface area contributed by atoms with Gasteiger partial charge in [-0.25, -0.2) is 15.0 Å². The lowest BCUT2D eigenvalue weighted by atomic mass is 10.0. The van der Waals surface area contributed by atoms with Crippen LogP contribution in [-0.4, -0.2) is 19.5 Å². The monoisotopic (exact) mass is 664 g/mol. The fraction of sp³-hybridized carbons (Fsp3) is 0. The van der Waals surface area contributed by atoms with Crippen LogP contribution in [0.4, 0.5) is 0 Å². The van der Waals surface area contributed by atoms with E-state index in [0.29, 0.717) is 17.5 Å². The number of fused-ring (bicyclic) bond motifs is 10. The molecule has 11 aromatic rings. The van der Waals surface area contributed by atoms with Crippen LogP contribution in [0.2, 0.25) is 0 Å². The lowest BCUT2D eigenvalue weighted by molar-refractivity contribution is 0.668. The van der Waals surface area contributed by atoms with Crippen molar-refractivity contribution >= 4 is 65.3 Å². The Morgan fingerprint density at radius 3 is 1.71 bits per heavy atom. The highest BCUT2D eigenvalue weighted by Gasteiger charge is 2.23. The van der Waals surface area contributed by atoms with Gasteiger partial charge in [0.05, 0.1) is 16.7 Å². The van der Waals surface area contributed by atoms with Gasteiger partial charge in [0, 0.05) is 49.7 Å². The van der Waals surface area contributed by atoms with Gasteiger partial charge >= 0.3 is 0 Å². The maximum absolute atomic E-state index is 6.68. The van der Waals surface area contributed by atoms with Crippen molar-refractivity contribution in [3.63, 3.8) is 0 Å². The SMILES string of the molecule is c1ccc(-c2nc(-c3ccccc3)nc(-c3cc(-n4c5ccc6ccccc6c5c5ccc6ccccc6c54)cc4oc5ccccc5c34)n2)cc1. The molecule has 0 radical (unpaired) electrons. The van der Waals surface area contributed by atoms with Crippen LogP contribution in [0.5, 0.6) is 0 Å². The third kappa shape index (κ3) is 4.33. The van der Waals surface area contributed by atoms with Gasteiger partial charge in [-0.05, 0) is 34.4 Å². The first-order valence-electron chi connectivity index (χ1n) is 17.5. The molecule has 0 aliphatic carbocycles. The van der Waals surface area contributed by atoms with E-state index in [4.69, 9.17) is 19.4 Å². The smallest absolute Gasteiger partial charge is 0.164 e. The molecule has 0 unspecified atom stereocenters. The number of nitrogens with zero attached hydrogens (tertiary/aromatic N) is 4. The Kier molecular flexibility index (Phi) is 6.18. The molecule has 0 aliphatic rings. The molecule has 0 spiro atoms. The van der Waals surface area contributed by atoms with Gasteiger partial charge < -0.3 is 8.98 Å². The molecule has 0 atom stereocenters. The largest absolute Gasteiger partial charge is 0.456 e. The minimum absolute atomic E-state index is 0.585. The highest BCUT2D eigenvalue weighted by Crippen LogP contribution is 2.43. The summed E-state index contributed by atoms with van der Waals surface area (Å²) in [5, 5.41) is 9.22. The number of para-hydroxylation sites is 1. The van der Waals surface area contributed by atoms with Gasteiger partial charge in [-0.15, -0.1) is 0 Å². The number of hydrogen-bond acceptors (Lipinski definition) is 4. The van der Waals surface area contributed by atoms with E-state index in [-0.39, 0.29) is 0 Å². The number of aromatic nitrogens is 4. The van der Waals surface area contributed by atoms with Crippen molar-refractivity contribution in [2.24, 2.45) is 0 Å². The van der Waals surface area contributed by atoms with Gasteiger partial charge in [0.25, 0.3) is 0 Å². The van der Waals surface area contributed by atoms with E-state index in [1.807, 2.05) is 72.8 Å². The standard InChI is InChI=1S/C47H28N4O/c1-3-15-31(16-4-1)45-48-46(32-17-5-2-6-18-32)50-47(49-45)38-27-33(28-41-43(38)36-21-11-12-22-40(36)52-41)51-39-26-24-29-13-7-9-19-34(29)42(39)37-25-23-30-14-8-10-20-35(30)44(37)51/h1-28H. The molecule has 8 aromatic carbocycles. The van der Waals surface area contributed by atoms with Crippen LogP contribution in [0.1, 0.15) is 0 Å². The number of hydrogen-bond donors (Lipinski definition) is 0. The summed E-state index contributed by atoms with van der Waals surface area (Å²) in [6.07, 6.45) is 0. The minimum Gasteiger partial charge on any atom is -0.456 e. The van der Waals surface area contributed by atoms with Crippen LogP contribution >= 0.6 is 0 Å². The molecule has 5 heteroatoms. The maximum Gasteiger partial charge on any atom is 0.164 e. The number of rotatable bonds is 4. The first-order valence-corrected chi connectivity index (χ1v) is 17.5. The van der Waals surface area contributed by atoms with Gasteiger partial charge in [-0.1, -0.05) is 146 Å². The summed E-state index contributed by atoms with van der Waals surface area (Å²) in [5.74, 6) is 1.82. The Hall–Kier alpha value is -7.11. The molecular formula is C47H28N4O. The first kappa shape index (κ1) is 28.7. The molecule has 0 N–H and O–H groups in total. The molecule has 5 nitrogen and oxygen atoms in total. The van der Waals surface area contributed by atoms with Crippen molar-refractivity contribution in [3.05, 3.63) is 170 Å². The summed E-state index contributed by atoms with van der Waals surface area (Å²) in [6.45, 7) is 0. The minimum atomic E-state index is 0.585. The highest BCUT2D eigenvalue weighted by molar-refractivity contribution is 6.26. The van der Waals surface area contributed by atoms with Crippen molar-refractivity contribution < 1.29 is 4.42 Å². The molecule has 0 bridgehead atoms. The Bertz CT molecular complexity index is 3120. The van der Waals surface area contributed by atoms with Gasteiger partial charge in [-0.2, -0.15) is 0 Å². The second kappa shape index (κ2) is 11.2. The topological polar surface area (TPSA) is 56.7 Å². The zero-order valence-corrected chi connectivity index (χ0v) is 27.9. The number of benzene rings is 8. The second-order valence-corrected chi connectivity index (χ2v) is 13.2. The third-order valence-corrected chi connectivity index (χ3v) is 10.2. The molecule has 3 aromatic heterocycles. The molecule has 0 amide bonds. The average Bonchev–Trinajstić information content (AvgIpc) is 3.77. The Morgan fingerprint density at radius 2 is 0.981 bits per heavy atom. The summed E-state index contributed by atoms with van der Waals surface area (Å²) >= 11 is 0. The Labute approximate surface area is 298 Å². The van der Waals surface area contributed by atoms with Gasteiger partial charge in [0.1, 0.15) is 11.2 Å². The number of furan rings is 1. The fourth-order valence-electron chi connectivity index (χ4n) is 7.89. The van der Waals surface area contributed by atoms with Crippen LogP contribution in [0.3, 0.4) is 0 Å². The summed E-state index contributed by atoms with van der Waals surface area (Å²) in [7, 11) is 0. The molecule has 0 aliphatic heterocycles. The first-order chi connectivity index (χ1) is 25.8. The van der Waals surface area contributed by atoms with E-state index in [0.717, 1.165) is 55.3 Å². The third-order valence-electron chi connectivity index (χ3n) is 10.2. The van der Waals surface area contributed by atoms with Gasteiger partial charge in [0.15, 0.2) is 17.5 Å². The van der Waals surface area contributed by atoms with Crippen molar-refractivity contribution in [1.82, 2.24) is 19.5 Å². The van der Waals surface area contributed by atoms with Crippen LogP contribution < -0.4 is 0 Å². The molecule has 0 saturated heterocycles. The Morgan fingerprint density at radius 1 is 0.404 bits per heavy atom. The second-order valence-electron chi connectivity index (χ2n) is 13.2. The highest BCUT2D eigenvalue weighted by atomic mass is 16.3.